The summed E-state index contributed by atoms with van der Waals surface area (Å²) in [5, 5.41) is 3.23. The second-order valence-corrected chi connectivity index (χ2v) is 9.99. The molecule has 1 N–H and O–H groups in total. The van der Waals surface area contributed by atoms with Crippen LogP contribution in [-0.2, 0) is 19.1 Å². The van der Waals surface area contributed by atoms with E-state index in [0.29, 0.717) is 24.3 Å². The summed E-state index contributed by atoms with van der Waals surface area (Å²) in [6, 6.07) is 27.3. The normalized spacial score (nSPS) is 19.4. The first kappa shape index (κ1) is 25.7. The number of hydrogen-bond acceptors (Lipinski definition) is 4. The number of amides is 2. The number of fused-ring (bicyclic) bond motifs is 1. The number of esters is 1. The van der Waals surface area contributed by atoms with E-state index in [9.17, 15) is 14.4 Å². The minimum atomic E-state index is -0.702. The van der Waals surface area contributed by atoms with Gasteiger partial charge in [-0.3, -0.25) is 14.5 Å². The minimum absolute atomic E-state index is 0.0605. The number of nitrogens with one attached hydrogen (secondary N) is 1. The van der Waals surface area contributed by atoms with Gasteiger partial charge in [0.25, 0.3) is 5.91 Å². The van der Waals surface area contributed by atoms with Crippen molar-refractivity contribution in [2.75, 3.05) is 0 Å². The van der Waals surface area contributed by atoms with E-state index in [0.717, 1.165) is 16.7 Å². The molecule has 7 heteroatoms. The SMILES string of the molecule is CCC(C(=O)N[C@@H]1C(=O)N2C(C(=O)OC(c3ccccc3)c3ccccc3)=C(Cl)CCC12)c1ccccc1. The zero-order valence-electron chi connectivity index (χ0n) is 21.0. The van der Waals surface area contributed by atoms with Crippen molar-refractivity contribution in [3.63, 3.8) is 0 Å². The van der Waals surface area contributed by atoms with Crippen LogP contribution in [0.3, 0.4) is 0 Å². The Kier molecular flexibility index (Phi) is 7.61. The Hall–Kier alpha value is -3.90. The molecule has 0 bridgehead atoms. The molecular weight excluding hydrogens is 500 g/mol. The number of carbonyl (C=O) groups is 3. The highest BCUT2D eigenvalue weighted by Crippen LogP contribution is 2.40. The average Bonchev–Trinajstić information content (AvgIpc) is 2.96. The van der Waals surface area contributed by atoms with Gasteiger partial charge in [-0.25, -0.2) is 4.79 Å². The van der Waals surface area contributed by atoms with Crippen LogP contribution in [0.25, 0.3) is 0 Å². The maximum Gasteiger partial charge on any atom is 0.357 e. The van der Waals surface area contributed by atoms with Crippen LogP contribution in [-0.4, -0.2) is 34.8 Å². The van der Waals surface area contributed by atoms with Crippen molar-refractivity contribution in [2.45, 2.75) is 50.3 Å². The van der Waals surface area contributed by atoms with Gasteiger partial charge in [0.1, 0.15) is 11.7 Å². The molecule has 3 aromatic carbocycles. The van der Waals surface area contributed by atoms with Gasteiger partial charge in [0.05, 0.1) is 12.0 Å². The summed E-state index contributed by atoms with van der Waals surface area (Å²) in [5.41, 5.74) is 2.58. The third-order valence-electron chi connectivity index (χ3n) is 7.22. The average molecular weight is 529 g/mol. The Bertz CT molecular complexity index is 1300. The van der Waals surface area contributed by atoms with Crippen LogP contribution >= 0.6 is 11.6 Å². The Morgan fingerprint density at radius 2 is 1.45 bits per heavy atom. The van der Waals surface area contributed by atoms with Gasteiger partial charge >= 0.3 is 5.97 Å². The Morgan fingerprint density at radius 3 is 1.97 bits per heavy atom. The molecule has 2 amide bonds. The number of nitrogens with zero attached hydrogens (tertiary/aromatic N) is 1. The summed E-state index contributed by atoms with van der Waals surface area (Å²) in [4.78, 5) is 41.3. The number of allylic oxidation sites excluding steroid dienone is 1. The van der Waals surface area contributed by atoms with Crippen LogP contribution in [0.5, 0.6) is 0 Å². The van der Waals surface area contributed by atoms with Crippen molar-refractivity contribution in [3.8, 4) is 0 Å². The van der Waals surface area contributed by atoms with Crippen molar-refractivity contribution >= 4 is 29.4 Å². The lowest BCUT2D eigenvalue weighted by Crippen LogP contribution is -2.71. The van der Waals surface area contributed by atoms with E-state index in [1.165, 1.54) is 4.90 Å². The molecule has 6 nitrogen and oxygen atoms in total. The number of β-lactam (4-membered cyclic amide) rings is 1. The number of halogens is 1. The molecule has 0 radical (unpaired) electrons. The molecule has 3 atom stereocenters. The Balaban J connectivity index is 1.34. The third kappa shape index (κ3) is 4.96. The monoisotopic (exact) mass is 528 g/mol. The summed E-state index contributed by atoms with van der Waals surface area (Å²) >= 11 is 6.52. The first-order valence-electron chi connectivity index (χ1n) is 12.9. The van der Waals surface area contributed by atoms with Gasteiger partial charge in [0, 0.05) is 5.03 Å². The molecule has 2 aliphatic rings. The minimum Gasteiger partial charge on any atom is -0.448 e. The molecule has 5 rings (SSSR count). The van der Waals surface area contributed by atoms with Gasteiger partial charge in [-0.1, -0.05) is 110 Å². The predicted octanol–water partition coefficient (Wildman–Crippen LogP) is 5.45. The van der Waals surface area contributed by atoms with Crippen molar-refractivity contribution < 1.29 is 19.1 Å². The molecule has 194 valence electrons. The molecule has 2 unspecified atom stereocenters. The zero-order valence-corrected chi connectivity index (χ0v) is 21.8. The number of hydrogen-bond donors (Lipinski definition) is 1. The number of rotatable bonds is 8. The van der Waals surface area contributed by atoms with Gasteiger partial charge in [-0.15, -0.1) is 0 Å². The van der Waals surface area contributed by atoms with Crippen molar-refractivity contribution in [3.05, 3.63) is 118 Å². The number of ether oxygens (including phenoxy) is 1. The van der Waals surface area contributed by atoms with Gasteiger partial charge in [0.15, 0.2) is 6.10 Å². The fourth-order valence-electron chi connectivity index (χ4n) is 5.27. The van der Waals surface area contributed by atoms with Crippen molar-refractivity contribution in [1.82, 2.24) is 10.2 Å². The Labute approximate surface area is 227 Å². The van der Waals surface area contributed by atoms with E-state index < -0.39 is 18.1 Å². The lowest BCUT2D eigenvalue weighted by Gasteiger charge is -2.50. The number of carbonyl (C=O) groups excluding carboxylic acids is 3. The van der Waals surface area contributed by atoms with E-state index in [2.05, 4.69) is 5.32 Å². The Morgan fingerprint density at radius 1 is 0.921 bits per heavy atom. The summed E-state index contributed by atoms with van der Waals surface area (Å²) < 4.78 is 6.00. The maximum atomic E-state index is 13.5. The molecule has 0 aliphatic carbocycles. The maximum absolute atomic E-state index is 13.5. The zero-order chi connectivity index (χ0) is 26.6. The van der Waals surface area contributed by atoms with E-state index in [-0.39, 0.29) is 29.5 Å². The van der Waals surface area contributed by atoms with Gasteiger partial charge < -0.3 is 10.1 Å². The van der Waals surface area contributed by atoms with Crippen LogP contribution in [0.15, 0.2) is 102 Å². The molecule has 2 heterocycles. The first-order chi connectivity index (χ1) is 18.5. The van der Waals surface area contributed by atoms with Crippen molar-refractivity contribution in [1.29, 1.82) is 0 Å². The van der Waals surface area contributed by atoms with Crippen molar-refractivity contribution in [2.24, 2.45) is 0 Å². The molecule has 2 aliphatic heterocycles. The van der Waals surface area contributed by atoms with E-state index >= 15 is 0 Å². The topological polar surface area (TPSA) is 75.7 Å². The van der Waals surface area contributed by atoms with Gasteiger partial charge in [0.2, 0.25) is 5.91 Å². The fraction of sp³-hybridized carbons (Fsp3) is 0.258. The molecule has 1 saturated heterocycles. The lowest BCUT2D eigenvalue weighted by atomic mass is 9.85. The quantitative estimate of drug-likeness (QED) is 0.311. The number of benzene rings is 3. The highest BCUT2D eigenvalue weighted by molar-refractivity contribution is 6.32. The highest BCUT2D eigenvalue weighted by atomic mass is 35.5. The summed E-state index contributed by atoms with van der Waals surface area (Å²) in [6.07, 6.45) is 0.916. The summed E-state index contributed by atoms with van der Waals surface area (Å²) in [5.74, 6) is -1.57. The van der Waals surface area contributed by atoms with Crippen LogP contribution in [0.1, 0.15) is 54.9 Å². The van der Waals surface area contributed by atoms with Crippen LogP contribution in [0.4, 0.5) is 0 Å². The first-order valence-corrected chi connectivity index (χ1v) is 13.2. The standard InChI is InChI=1S/C31H29ClN2O4/c1-2-23(20-12-6-3-7-13-20)29(35)33-26-25-19-18-24(32)27(34(25)30(26)36)31(37)38-28(21-14-8-4-9-15-21)22-16-10-5-11-17-22/h3-17,23,25-26,28H,2,18-19H2,1H3,(H,33,35)/t23?,25?,26-/m0/s1. The molecule has 1 fully saturated rings. The van der Waals surface area contributed by atoms with Crippen LogP contribution in [0.2, 0.25) is 0 Å². The van der Waals surface area contributed by atoms with E-state index in [1.807, 2.05) is 97.9 Å². The smallest absolute Gasteiger partial charge is 0.357 e. The van der Waals surface area contributed by atoms with Gasteiger partial charge in [-0.2, -0.15) is 0 Å². The third-order valence-corrected chi connectivity index (χ3v) is 7.59. The molecule has 38 heavy (non-hydrogen) atoms. The lowest BCUT2D eigenvalue weighted by molar-refractivity contribution is -0.159. The van der Waals surface area contributed by atoms with Crippen LogP contribution in [0, 0.1) is 0 Å². The van der Waals surface area contributed by atoms with E-state index in [4.69, 9.17) is 16.3 Å². The molecule has 0 saturated carbocycles. The molecule has 0 aromatic heterocycles. The predicted molar refractivity (Wildman–Crippen MR) is 145 cm³/mol. The molecule has 0 spiro atoms. The van der Waals surface area contributed by atoms with Crippen LogP contribution < -0.4 is 5.32 Å². The van der Waals surface area contributed by atoms with Gasteiger partial charge in [-0.05, 0) is 36.0 Å². The second-order valence-electron chi connectivity index (χ2n) is 9.53. The van der Waals surface area contributed by atoms with E-state index in [1.54, 1.807) is 0 Å². The summed E-state index contributed by atoms with van der Waals surface area (Å²) in [6.45, 7) is 1.94. The fourth-order valence-corrected chi connectivity index (χ4v) is 5.54. The highest BCUT2D eigenvalue weighted by Gasteiger charge is 2.54. The molecule has 3 aromatic rings. The largest absolute Gasteiger partial charge is 0.448 e. The second kappa shape index (κ2) is 11.2. The molecular formula is C31H29ClN2O4. The summed E-state index contributed by atoms with van der Waals surface area (Å²) in [7, 11) is 0.